The number of anilines is 1. The third-order valence-electron chi connectivity index (χ3n) is 3.44. The van der Waals surface area contributed by atoms with E-state index >= 15 is 0 Å². The van der Waals surface area contributed by atoms with Crippen LogP contribution in [0.1, 0.15) is 30.6 Å². The van der Waals surface area contributed by atoms with Gasteiger partial charge in [-0.1, -0.05) is 6.92 Å². The number of carbonyl (C=O) groups is 1. The van der Waals surface area contributed by atoms with Gasteiger partial charge in [-0.25, -0.2) is 8.78 Å². The molecule has 1 amide bonds. The topological polar surface area (TPSA) is 58.4 Å². The monoisotopic (exact) mass is 285 g/mol. The Labute approximate surface area is 117 Å². The van der Waals surface area contributed by atoms with Crippen LogP contribution in [-0.2, 0) is 0 Å². The summed E-state index contributed by atoms with van der Waals surface area (Å²) in [6.07, 6.45) is 0.989. The molecule has 6 heteroatoms. The van der Waals surface area contributed by atoms with Crippen LogP contribution in [0.2, 0.25) is 0 Å². The van der Waals surface area contributed by atoms with Crippen LogP contribution in [0.5, 0.6) is 0 Å². The van der Waals surface area contributed by atoms with Gasteiger partial charge in [-0.15, -0.1) is 0 Å². The zero-order valence-electron chi connectivity index (χ0n) is 12.0. The van der Waals surface area contributed by atoms with Gasteiger partial charge in [-0.2, -0.15) is 0 Å². The van der Waals surface area contributed by atoms with Crippen LogP contribution in [0.15, 0.2) is 12.1 Å². The SMILES string of the molecule is CCC(C)N(C)CCNC(=O)c1c(F)ccc(N)c1F. The Hall–Kier alpha value is -1.69. The normalized spacial score (nSPS) is 12.5. The van der Waals surface area contributed by atoms with Gasteiger partial charge >= 0.3 is 0 Å². The molecule has 0 saturated heterocycles. The van der Waals surface area contributed by atoms with Gasteiger partial charge in [0.1, 0.15) is 11.4 Å². The van der Waals surface area contributed by atoms with Crippen LogP contribution in [0.3, 0.4) is 0 Å². The first-order valence-electron chi connectivity index (χ1n) is 6.60. The number of rotatable bonds is 6. The second-order valence-electron chi connectivity index (χ2n) is 4.82. The molecule has 4 nitrogen and oxygen atoms in total. The van der Waals surface area contributed by atoms with Crippen LogP contribution in [0.4, 0.5) is 14.5 Å². The second-order valence-corrected chi connectivity index (χ2v) is 4.82. The average molecular weight is 285 g/mol. The third-order valence-corrected chi connectivity index (χ3v) is 3.44. The molecule has 20 heavy (non-hydrogen) atoms. The molecule has 0 aliphatic heterocycles. The highest BCUT2D eigenvalue weighted by Crippen LogP contribution is 2.18. The summed E-state index contributed by atoms with van der Waals surface area (Å²) in [6, 6.07) is 2.46. The molecule has 0 aliphatic rings. The lowest BCUT2D eigenvalue weighted by atomic mass is 10.1. The number of likely N-dealkylation sites (N-methyl/N-ethyl adjacent to an activating group) is 1. The van der Waals surface area contributed by atoms with E-state index in [1.54, 1.807) is 0 Å². The minimum Gasteiger partial charge on any atom is -0.396 e. The number of nitrogens with two attached hydrogens (primary N) is 1. The van der Waals surface area contributed by atoms with Crippen molar-refractivity contribution in [2.75, 3.05) is 25.9 Å². The molecule has 0 radical (unpaired) electrons. The van der Waals surface area contributed by atoms with E-state index in [1.807, 2.05) is 7.05 Å². The molecule has 0 spiro atoms. The summed E-state index contributed by atoms with van der Waals surface area (Å²) >= 11 is 0. The number of carbonyl (C=O) groups excluding carboxylic acids is 1. The van der Waals surface area contributed by atoms with E-state index in [4.69, 9.17) is 5.73 Å². The zero-order chi connectivity index (χ0) is 15.3. The number of benzene rings is 1. The van der Waals surface area contributed by atoms with Crippen molar-refractivity contribution in [3.8, 4) is 0 Å². The van der Waals surface area contributed by atoms with E-state index in [2.05, 4.69) is 24.1 Å². The number of hydrogen-bond donors (Lipinski definition) is 2. The summed E-state index contributed by atoms with van der Waals surface area (Å²) in [5, 5.41) is 2.50. The van der Waals surface area contributed by atoms with E-state index in [1.165, 1.54) is 0 Å². The summed E-state index contributed by atoms with van der Waals surface area (Å²) < 4.78 is 27.1. The van der Waals surface area contributed by atoms with E-state index in [0.717, 1.165) is 18.6 Å². The van der Waals surface area contributed by atoms with Crippen molar-refractivity contribution in [2.45, 2.75) is 26.3 Å². The smallest absolute Gasteiger partial charge is 0.257 e. The molecular formula is C14H21F2N3O. The summed E-state index contributed by atoms with van der Waals surface area (Å²) in [7, 11) is 1.93. The maximum Gasteiger partial charge on any atom is 0.257 e. The summed E-state index contributed by atoms with van der Waals surface area (Å²) in [5.74, 6) is -2.72. The first kappa shape index (κ1) is 16.4. The molecule has 112 valence electrons. The Bertz CT molecular complexity index is 480. The third kappa shape index (κ3) is 3.90. The van der Waals surface area contributed by atoms with Crippen molar-refractivity contribution in [2.24, 2.45) is 0 Å². The lowest BCUT2D eigenvalue weighted by molar-refractivity contribution is 0.0939. The van der Waals surface area contributed by atoms with Crippen LogP contribution < -0.4 is 11.1 Å². The van der Waals surface area contributed by atoms with Gasteiger partial charge < -0.3 is 16.0 Å². The number of hydrogen-bond acceptors (Lipinski definition) is 3. The van der Waals surface area contributed by atoms with Crippen LogP contribution in [0.25, 0.3) is 0 Å². The van der Waals surface area contributed by atoms with Gasteiger partial charge in [0.05, 0.1) is 5.69 Å². The average Bonchev–Trinajstić information content (AvgIpc) is 2.42. The van der Waals surface area contributed by atoms with Gasteiger partial charge in [0.2, 0.25) is 0 Å². The standard InChI is InChI=1S/C14H21F2N3O/c1-4-9(2)19(3)8-7-18-14(20)12-10(15)5-6-11(17)13(12)16/h5-6,9H,4,7-8,17H2,1-3H3,(H,18,20). The largest absolute Gasteiger partial charge is 0.396 e. The fourth-order valence-corrected chi connectivity index (χ4v) is 1.74. The number of nitrogens with zero attached hydrogens (tertiary/aromatic N) is 1. The molecule has 1 atom stereocenters. The Morgan fingerprint density at radius 3 is 2.70 bits per heavy atom. The van der Waals surface area contributed by atoms with E-state index in [0.29, 0.717) is 19.1 Å². The lowest BCUT2D eigenvalue weighted by Crippen LogP contribution is -2.37. The van der Waals surface area contributed by atoms with E-state index < -0.39 is 23.1 Å². The highest BCUT2D eigenvalue weighted by atomic mass is 19.1. The summed E-state index contributed by atoms with van der Waals surface area (Å²) in [5.41, 5.74) is 4.46. The van der Waals surface area contributed by atoms with E-state index in [-0.39, 0.29) is 5.69 Å². The number of nitrogens with one attached hydrogen (secondary N) is 1. The number of halogens is 2. The Kier molecular flexibility index (Phi) is 5.88. The summed E-state index contributed by atoms with van der Waals surface area (Å²) in [4.78, 5) is 13.9. The molecule has 1 unspecified atom stereocenters. The summed E-state index contributed by atoms with van der Waals surface area (Å²) in [6.45, 7) is 5.05. The lowest BCUT2D eigenvalue weighted by Gasteiger charge is -2.23. The van der Waals surface area contributed by atoms with Gasteiger partial charge in [0.15, 0.2) is 5.82 Å². The molecule has 1 aromatic rings. The second kappa shape index (κ2) is 7.19. The first-order chi connectivity index (χ1) is 9.38. The molecule has 0 saturated carbocycles. The van der Waals surface area contributed by atoms with E-state index in [9.17, 15) is 13.6 Å². The number of nitrogen functional groups attached to an aromatic ring is 1. The molecule has 0 aliphatic carbocycles. The molecule has 0 heterocycles. The van der Waals surface area contributed by atoms with Crippen LogP contribution in [0, 0.1) is 11.6 Å². The molecule has 0 aromatic heterocycles. The van der Waals surface area contributed by atoms with Crippen LogP contribution >= 0.6 is 0 Å². The predicted octanol–water partition coefficient (Wildman–Crippen LogP) is 2.01. The predicted molar refractivity (Wildman–Crippen MR) is 75.5 cm³/mol. The Morgan fingerprint density at radius 2 is 2.10 bits per heavy atom. The first-order valence-corrected chi connectivity index (χ1v) is 6.60. The fraction of sp³-hybridized carbons (Fsp3) is 0.500. The number of amides is 1. The van der Waals surface area contributed by atoms with Crippen molar-refractivity contribution < 1.29 is 13.6 Å². The molecule has 0 fully saturated rings. The molecule has 0 bridgehead atoms. The van der Waals surface area contributed by atoms with Crippen molar-refractivity contribution in [1.29, 1.82) is 0 Å². The fourth-order valence-electron chi connectivity index (χ4n) is 1.74. The molecular weight excluding hydrogens is 264 g/mol. The Balaban J connectivity index is 2.63. The van der Waals surface area contributed by atoms with Crippen molar-refractivity contribution >= 4 is 11.6 Å². The maximum atomic E-state index is 13.6. The quantitative estimate of drug-likeness (QED) is 0.786. The molecule has 3 N–H and O–H groups in total. The van der Waals surface area contributed by atoms with Crippen molar-refractivity contribution in [3.05, 3.63) is 29.3 Å². The van der Waals surface area contributed by atoms with Gasteiger partial charge in [-0.05, 0) is 32.5 Å². The van der Waals surface area contributed by atoms with Crippen molar-refractivity contribution in [1.82, 2.24) is 10.2 Å². The van der Waals surface area contributed by atoms with Gasteiger partial charge in [0.25, 0.3) is 5.91 Å². The van der Waals surface area contributed by atoms with Gasteiger partial charge in [0, 0.05) is 19.1 Å². The van der Waals surface area contributed by atoms with Crippen LogP contribution in [-0.4, -0.2) is 37.0 Å². The van der Waals surface area contributed by atoms with Crippen molar-refractivity contribution in [3.63, 3.8) is 0 Å². The minimum atomic E-state index is -1.02. The zero-order valence-corrected chi connectivity index (χ0v) is 12.0. The highest BCUT2D eigenvalue weighted by molar-refractivity contribution is 5.95. The minimum absolute atomic E-state index is 0.242. The highest BCUT2D eigenvalue weighted by Gasteiger charge is 2.19. The molecule has 1 rings (SSSR count). The van der Waals surface area contributed by atoms with Gasteiger partial charge in [-0.3, -0.25) is 4.79 Å². The Morgan fingerprint density at radius 1 is 1.45 bits per heavy atom. The molecule has 1 aromatic carbocycles. The maximum absolute atomic E-state index is 13.6.